The number of carboxylic acids is 1. The lowest BCUT2D eigenvalue weighted by molar-refractivity contribution is 0.00613. The van der Waals surface area contributed by atoms with Crippen LogP contribution < -0.4 is 10.2 Å². The highest BCUT2D eigenvalue weighted by Crippen LogP contribution is 2.29. The fourth-order valence-electron chi connectivity index (χ4n) is 2.80. The summed E-state index contributed by atoms with van der Waals surface area (Å²) in [6.45, 7) is 2.52. The number of ether oxygens (including phenoxy) is 2. The number of aromatic nitrogens is 1. The lowest BCUT2D eigenvalue weighted by Gasteiger charge is -2.34. The first-order valence-electron chi connectivity index (χ1n) is 6.44. The number of carbonyl (C=O) groups excluding carboxylic acids is 1. The Balaban J connectivity index is 2.23. The summed E-state index contributed by atoms with van der Waals surface area (Å²) in [6, 6.07) is -0.102. The van der Waals surface area contributed by atoms with Crippen LogP contribution in [0.15, 0.2) is 11.0 Å². The number of carboxylic acid groups (broad SMARTS) is 1. The molecule has 0 aromatic carbocycles. The van der Waals surface area contributed by atoms with Gasteiger partial charge >= 0.3 is 5.97 Å². The highest BCUT2D eigenvalue weighted by atomic mass is 16.5. The SMILES string of the molecule is COc1c2n(cc(C(=O)O)c1=O)C[C@@H]1OCC(C)N1C2=O. The van der Waals surface area contributed by atoms with E-state index in [-0.39, 0.29) is 29.9 Å². The first-order valence-corrected chi connectivity index (χ1v) is 6.44. The third kappa shape index (κ3) is 1.83. The predicted octanol–water partition coefficient (Wildman–Crippen LogP) is -0.244. The summed E-state index contributed by atoms with van der Waals surface area (Å²) in [6.07, 6.45) is 0.721. The fourth-order valence-corrected chi connectivity index (χ4v) is 2.80. The topological polar surface area (TPSA) is 98.1 Å². The molecule has 1 saturated heterocycles. The molecular weight excluding hydrogens is 280 g/mol. The first kappa shape index (κ1) is 13.6. The molecule has 3 rings (SSSR count). The van der Waals surface area contributed by atoms with Crippen LogP contribution in [0.1, 0.15) is 27.8 Å². The second-order valence-electron chi connectivity index (χ2n) is 5.06. The van der Waals surface area contributed by atoms with E-state index < -0.39 is 23.2 Å². The van der Waals surface area contributed by atoms with Crippen molar-refractivity contribution in [2.45, 2.75) is 25.7 Å². The lowest BCUT2D eigenvalue weighted by atomic mass is 10.1. The zero-order chi connectivity index (χ0) is 15.3. The van der Waals surface area contributed by atoms with E-state index in [1.54, 1.807) is 4.90 Å². The molecular formula is C13H14N2O6. The Kier molecular flexibility index (Phi) is 2.98. The molecule has 1 aromatic rings. The van der Waals surface area contributed by atoms with E-state index in [1.807, 2.05) is 6.92 Å². The van der Waals surface area contributed by atoms with Gasteiger partial charge in [0.1, 0.15) is 5.56 Å². The van der Waals surface area contributed by atoms with Gasteiger partial charge < -0.3 is 24.0 Å². The summed E-state index contributed by atoms with van der Waals surface area (Å²) in [5.41, 5.74) is -1.15. The highest BCUT2D eigenvalue weighted by Gasteiger charge is 2.43. The van der Waals surface area contributed by atoms with Crippen LogP contribution >= 0.6 is 0 Å². The summed E-state index contributed by atoms with van der Waals surface area (Å²) >= 11 is 0. The molecule has 1 fully saturated rings. The average molecular weight is 294 g/mol. The van der Waals surface area contributed by atoms with Crippen LogP contribution in [-0.4, -0.2) is 52.4 Å². The zero-order valence-electron chi connectivity index (χ0n) is 11.5. The van der Waals surface area contributed by atoms with Gasteiger partial charge in [0.05, 0.1) is 26.3 Å². The summed E-state index contributed by atoms with van der Waals surface area (Å²) in [5, 5.41) is 9.09. The second kappa shape index (κ2) is 4.59. The highest BCUT2D eigenvalue weighted by molar-refractivity contribution is 5.98. The molecule has 0 spiro atoms. The Labute approximate surface area is 119 Å². The molecule has 0 radical (unpaired) electrons. The largest absolute Gasteiger partial charge is 0.491 e. The molecule has 2 atom stereocenters. The smallest absolute Gasteiger partial charge is 0.341 e. The van der Waals surface area contributed by atoms with Crippen LogP contribution in [0.5, 0.6) is 5.75 Å². The molecule has 112 valence electrons. The van der Waals surface area contributed by atoms with Crippen molar-refractivity contribution in [3.8, 4) is 5.75 Å². The van der Waals surface area contributed by atoms with Crippen LogP contribution in [0.2, 0.25) is 0 Å². The third-order valence-corrected chi connectivity index (χ3v) is 3.78. The average Bonchev–Trinajstić information content (AvgIpc) is 2.80. The van der Waals surface area contributed by atoms with E-state index in [0.717, 1.165) is 0 Å². The first-order chi connectivity index (χ1) is 9.95. The van der Waals surface area contributed by atoms with Crippen molar-refractivity contribution in [1.82, 2.24) is 9.47 Å². The lowest BCUT2D eigenvalue weighted by Crippen LogP contribution is -2.49. The monoisotopic (exact) mass is 294 g/mol. The van der Waals surface area contributed by atoms with Crippen molar-refractivity contribution in [3.63, 3.8) is 0 Å². The van der Waals surface area contributed by atoms with Gasteiger partial charge in [-0.05, 0) is 6.92 Å². The molecule has 8 nitrogen and oxygen atoms in total. The van der Waals surface area contributed by atoms with Gasteiger partial charge in [0.2, 0.25) is 5.43 Å². The molecule has 21 heavy (non-hydrogen) atoms. The standard InChI is InChI=1S/C13H14N2O6/c1-6-5-21-8-4-14-3-7(13(18)19)10(16)11(20-2)9(14)12(17)15(6)8/h3,6,8H,4-5H2,1-2H3,(H,18,19)/t6?,8-/m0/s1. The number of hydrogen-bond donors (Lipinski definition) is 1. The molecule has 1 N–H and O–H groups in total. The van der Waals surface area contributed by atoms with Gasteiger partial charge in [0.15, 0.2) is 17.7 Å². The molecule has 1 aromatic heterocycles. The molecule has 8 heteroatoms. The third-order valence-electron chi connectivity index (χ3n) is 3.78. The van der Waals surface area contributed by atoms with Crippen molar-refractivity contribution in [2.75, 3.05) is 13.7 Å². The molecule has 0 saturated carbocycles. The van der Waals surface area contributed by atoms with Crippen LogP contribution in [0.25, 0.3) is 0 Å². The maximum atomic E-state index is 12.6. The summed E-state index contributed by atoms with van der Waals surface area (Å²) in [5.74, 6) is -1.98. The van der Waals surface area contributed by atoms with Crippen molar-refractivity contribution in [1.29, 1.82) is 0 Å². The second-order valence-corrected chi connectivity index (χ2v) is 5.06. The molecule has 2 aliphatic rings. The summed E-state index contributed by atoms with van der Waals surface area (Å²) in [4.78, 5) is 37.4. The Morgan fingerprint density at radius 1 is 1.48 bits per heavy atom. The number of nitrogens with zero attached hydrogens (tertiary/aromatic N) is 2. The van der Waals surface area contributed by atoms with Gasteiger partial charge in [-0.15, -0.1) is 0 Å². The van der Waals surface area contributed by atoms with E-state index in [9.17, 15) is 14.4 Å². The predicted molar refractivity (Wildman–Crippen MR) is 69.6 cm³/mol. The van der Waals surface area contributed by atoms with E-state index >= 15 is 0 Å². The maximum absolute atomic E-state index is 12.6. The minimum absolute atomic E-state index is 0.0705. The Morgan fingerprint density at radius 3 is 2.81 bits per heavy atom. The Bertz CT molecular complexity index is 695. The number of carbonyl (C=O) groups is 2. The van der Waals surface area contributed by atoms with Crippen molar-refractivity contribution in [2.24, 2.45) is 0 Å². The minimum atomic E-state index is -1.36. The van der Waals surface area contributed by atoms with E-state index in [0.29, 0.717) is 6.61 Å². The van der Waals surface area contributed by atoms with E-state index in [2.05, 4.69) is 0 Å². The number of hydrogen-bond acceptors (Lipinski definition) is 5. The number of rotatable bonds is 2. The molecule has 3 heterocycles. The zero-order valence-corrected chi connectivity index (χ0v) is 11.5. The van der Waals surface area contributed by atoms with Crippen LogP contribution in [-0.2, 0) is 11.3 Å². The molecule has 1 unspecified atom stereocenters. The van der Waals surface area contributed by atoms with Crippen molar-refractivity contribution >= 4 is 11.9 Å². The summed E-state index contributed by atoms with van der Waals surface area (Å²) < 4.78 is 11.9. The number of methoxy groups -OCH3 is 1. The quantitative estimate of drug-likeness (QED) is 0.808. The summed E-state index contributed by atoms with van der Waals surface area (Å²) in [7, 11) is 1.24. The van der Waals surface area contributed by atoms with Gasteiger partial charge in [0, 0.05) is 6.20 Å². The fraction of sp³-hybridized carbons (Fsp3) is 0.462. The van der Waals surface area contributed by atoms with Crippen molar-refractivity contribution < 1.29 is 24.2 Å². The number of amides is 1. The Hall–Kier alpha value is -2.35. The van der Waals surface area contributed by atoms with Crippen LogP contribution in [0.3, 0.4) is 0 Å². The molecule has 0 bridgehead atoms. The van der Waals surface area contributed by atoms with Gasteiger partial charge in [-0.25, -0.2) is 4.79 Å². The van der Waals surface area contributed by atoms with E-state index in [1.165, 1.54) is 17.9 Å². The number of fused-ring (bicyclic) bond motifs is 2. The van der Waals surface area contributed by atoms with E-state index in [4.69, 9.17) is 14.6 Å². The van der Waals surface area contributed by atoms with Crippen LogP contribution in [0, 0.1) is 0 Å². The van der Waals surface area contributed by atoms with Gasteiger partial charge in [-0.2, -0.15) is 0 Å². The van der Waals surface area contributed by atoms with Crippen molar-refractivity contribution in [3.05, 3.63) is 27.7 Å². The van der Waals surface area contributed by atoms with Gasteiger partial charge in [-0.1, -0.05) is 0 Å². The molecule has 2 aliphatic heterocycles. The number of aromatic carboxylic acids is 1. The minimum Gasteiger partial charge on any atom is -0.491 e. The maximum Gasteiger partial charge on any atom is 0.341 e. The number of pyridine rings is 1. The van der Waals surface area contributed by atoms with Gasteiger partial charge in [-0.3, -0.25) is 9.59 Å². The van der Waals surface area contributed by atoms with Gasteiger partial charge in [0.25, 0.3) is 5.91 Å². The molecule has 0 aliphatic carbocycles. The molecule has 1 amide bonds. The Morgan fingerprint density at radius 2 is 2.19 bits per heavy atom. The normalized spacial score (nSPS) is 23.7. The van der Waals surface area contributed by atoms with Crippen LogP contribution in [0.4, 0.5) is 0 Å².